The summed E-state index contributed by atoms with van der Waals surface area (Å²) in [5.41, 5.74) is 3.07. The zero-order valence-corrected chi connectivity index (χ0v) is 28.7. The summed E-state index contributed by atoms with van der Waals surface area (Å²) in [6.45, 7) is 18.6. The van der Waals surface area contributed by atoms with Gasteiger partial charge in [-0.3, -0.25) is 9.59 Å². The Hall–Kier alpha value is -1.95. The fourth-order valence-electron chi connectivity index (χ4n) is 13.4. The lowest BCUT2D eigenvalue weighted by molar-refractivity contribution is -0.221. The number of allylic oxidation sites excluding steroid dienone is 5. The van der Waals surface area contributed by atoms with Gasteiger partial charge in [0, 0.05) is 5.54 Å². The lowest BCUT2D eigenvalue weighted by Gasteiger charge is -2.72. The van der Waals surface area contributed by atoms with Crippen LogP contribution in [0.5, 0.6) is 0 Å². The van der Waals surface area contributed by atoms with E-state index in [-0.39, 0.29) is 40.2 Å². The van der Waals surface area contributed by atoms with Crippen molar-refractivity contribution in [2.75, 3.05) is 13.2 Å². The molecule has 6 heteroatoms. The number of alkyl halides is 1. The molecule has 10 unspecified atom stereocenters. The molecular formula is C39H58FNO4. The molecule has 0 spiro atoms. The summed E-state index contributed by atoms with van der Waals surface area (Å²) in [5, 5.41) is 23.0. The molecule has 6 aliphatic rings. The average molecular weight is 624 g/mol. The van der Waals surface area contributed by atoms with Crippen molar-refractivity contribution in [2.24, 2.45) is 56.7 Å². The Balaban J connectivity index is 1.32. The Morgan fingerprint density at radius 1 is 0.911 bits per heavy atom. The molecule has 10 atom stereocenters. The number of carboxylic acid groups (broad SMARTS) is 2. The maximum atomic E-state index is 13.9. The fourth-order valence-corrected chi connectivity index (χ4v) is 13.4. The monoisotopic (exact) mass is 623 g/mol. The maximum absolute atomic E-state index is 13.9. The van der Waals surface area contributed by atoms with E-state index in [4.69, 9.17) is 0 Å². The van der Waals surface area contributed by atoms with Gasteiger partial charge in [-0.2, -0.15) is 0 Å². The van der Waals surface area contributed by atoms with Gasteiger partial charge in [0.1, 0.15) is 6.67 Å². The highest BCUT2D eigenvalue weighted by atomic mass is 19.1. The summed E-state index contributed by atoms with van der Waals surface area (Å²) in [4.78, 5) is 23.6. The Morgan fingerprint density at radius 2 is 1.64 bits per heavy atom. The summed E-state index contributed by atoms with van der Waals surface area (Å²) in [5.74, 6) is 0.804. The van der Waals surface area contributed by atoms with Crippen LogP contribution in [0.4, 0.5) is 4.39 Å². The molecule has 0 heterocycles. The van der Waals surface area contributed by atoms with Crippen LogP contribution in [0.25, 0.3) is 0 Å². The molecule has 0 aromatic rings. The van der Waals surface area contributed by atoms with Gasteiger partial charge in [0.25, 0.3) is 0 Å². The number of rotatable bonds is 7. The van der Waals surface area contributed by atoms with E-state index in [2.05, 4.69) is 65.6 Å². The third kappa shape index (κ3) is 4.53. The van der Waals surface area contributed by atoms with Crippen molar-refractivity contribution in [3.05, 3.63) is 35.5 Å². The van der Waals surface area contributed by atoms with E-state index in [1.54, 1.807) is 0 Å². The van der Waals surface area contributed by atoms with Gasteiger partial charge in [-0.05, 0) is 146 Å². The Morgan fingerprint density at radius 3 is 2.24 bits per heavy atom. The summed E-state index contributed by atoms with van der Waals surface area (Å²) < 4.78 is 13.9. The van der Waals surface area contributed by atoms with Crippen LogP contribution in [0.2, 0.25) is 0 Å². The number of fused-ring (bicyclic) bond motifs is 7. The summed E-state index contributed by atoms with van der Waals surface area (Å²) in [7, 11) is 0. The van der Waals surface area contributed by atoms with Crippen LogP contribution in [0.15, 0.2) is 35.5 Å². The predicted octanol–water partition coefficient (Wildman–Crippen LogP) is 8.76. The van der Waals surface area contributed by atoms with Crippen molar-refractivity contribution in [1.29, 1.82) is 0 Å². The molecule has 4 fully saturated rings. The number of carboxylic acids is 2. The van der Waals surface area contributed by atoms with Crippen LogP contribution in [0.3, 0.4) is 0 Å². The number of carbonyl (C=O) groups is 2. The Kier molecular flexibility index (Phi) is 7.90. The molecule has 45 heavy (non-hydrogen) atoms. The summed E-state index contributed by atoms with van der Waals surface area (Å²) >= 11 is 0. The second-order valence-electron chi connectivity index (χ2n) is 17.8. The van der Waals surface area contributed by atoms with Gasteiger partial charge in [0.2, 0.25) is 0 Å². The highest BCUT2D eigenvalue weighted by Crippen LogP contribution is 2.76. The molecule has 4 saturated carbocycles. The first kappa shape index (κ1) is 33.0. The molecule has 5 nitrogen and oxygen atoms in total. The molecule has 250 valence electrons. The van der Waals surface area contributed by atoms with E-state index >= 15 is 0 Å². The van der Waals surface area contributed by atoms with Crippen molar-refractivity contribution in [3.63, 3.8) is 0 Å². The van der Waals surface area contributed by atoms with E-state index in [9.17, 15) is 24.2 Å². The van der Waals surface area contributed by atoms with Gasteiger partial charge in [-0.15, -0.1) is 0 Å². The van der Waals surface area contributed by atoms with Gasteiger partial charge in [-0.25, -0.2) is 4.39 Å². The van der Waals surface area contributed by atoms with Crippen molar-refractivity contribution in [2.45, 2.75) is 124 Å². The van der Waals surface area contributed by atoms with Gasteiger partial charge in [0.05, 0.1) is 12.0 Å². The van der Waals surface area contributed by atoms with Crippen molar-refractivity contribution >= 4 is 11.9 Å². The van der Waals surface area contributed by atoms with Gasteiger partial charge >= 0.3 is 11.9 Å². The van der Waals surface area contributed by atoms with E-state index in [1.165, 1.54) is 42.4 Å². The first-order valence-electron chi connectivity index (χ1n) is 17.8. The SMILES string of the molecule is C=C(C)C1CCC2(NCC(=O)O)CCC3(C)C(CCC4C5(C)CC=C(C6=CCC(CF)(C(=O)O)CC6)C(C)(C)C5CCC43C)C12. The zero-order chi connectivity index (χ0) is 32.8. The minimum atomic E-state index is -1.26. The smallest absolute Gasteiger partial charge is 0.317 e. The minimum absolute atomic E-state index is 0.0319. The number of hydrogen-bond acceptors (Lipinski definition) is 3. The first-order chi connectivity index (χ1) is 21.0. The molecule has 0 saturated heterocycles. The predicted molar refractivity (Wildman–Crippen MR) is 176 cm³/mol. The highest BCUT2D eigenvalue weighted by Gasteiger charge is 2.70. The summed E-state index contributed by atoms with van der Waals surface area (Å²) in [6.07, 6.45) is 16.1. The van der Waals surface area contributed by atoms with Crippen LogP contribution < -0.4 is 5.32 Å². The van der Waals surface area contributed by atoms with Crippen LogP contribution in [0.1, 0.15) is 119 Å². The second kappa shape index (κ2) is 10.8. The average Bonchev–Trinajstić information content (AvgIpc) is 3.37. The molecule has 0 aromatic carbocycles. The Labute approximate surface area is 270 Å². The Bertz CT molecular complexity index is 1330. The number of nitrogens with one attached hydrogen (secondary N) is 1. The summed E-state index contributed by atoms with van der Waals surface area (Å²) in [6, 6.07) is 0. The number of halogens is 1. The van der Waals surface area contributed by atoms with E-state index < -0.39 is 24.0 Å². The first-order valence-corrected chi connectivity index (χ1v) is 17.8. The molecule has 0 aromatic heterocycles. The molecule has 0 amide bonds. The number of aliphatic carboxylic acids is 2. The second-order valence-corrected chi connectivity index (χ2v) is 17.8. The van der Waals surface area contributed by atoms with Crippen LogP contribution in [-0.2, 0) is 9.59 Å². The van der Waals surface area contributed by atoms with E-state index in [0.717, 1.165) is 32.1 Å². The van der Waals surface area contributed by atoms with Crippen molar-refractivity contribution < 1.29 is 24.2 Å². The maximum Gasteiger partial charge on any atom is 0.317 e. The largest absolute Gasteiger partial charge is 0.481 e. The van der Waals surface area contributed by atoms with Crippen LogP contribution in [-0.4, -0.2) is 40.9 Å². The number of hydrogen-bond donors (Lipinski definition) is 3. The van der Waals surface area contributed by atoms with Crippen molar-refractivity contribution in [3.8, 4) is 0 Å². The molecule has 6 rings (SSSR count). The molecular weight excluding hydrogens is 565 g/mol. The van der Waals surface area contributed by atoms with Gasteiger partial charge in [0.15, 0.2) is 0 Å². The van der Waals surface area contributed by atoms with E-state index in [0.29, 0.717) is 42.4 Å². The molecule has 0 aliphatic heterocycles. The van der Waals surface area contributed by atoms with E-state index in [1.807, 2.05) is 0 Å². The van der Waals surface area contributed by atoms with Crippen molar-refractivity contribution in [1.82, 2.24) is 5.32 Å². The fraction of sp³-hybridized carbons (Fsp3) is 0.795. The van der Waals surface area contributed by atoms with Gasteiger partial charge < -0.3 is 15.5 Å². The topological polar surface area (TPSA) is 86.6 Å². The standard InChI is InChI=1S/C39H58FNO4/c1-24(2)26-12-19-39(41-22-31(42)43)21-20-36(6)28(32(26)39)8-9-30-35(5)15-13-27(34(3,4)29(35)14-16-37(30,36)7)25-10-17-38(23-40,18-11-25)33(44)45/h10,13,26,28-30,32,41H,1,8-9,11-12,14-23H2,2-7H3,(H,42,43)(H,44,45). The zero-order valence-electron chi connectivity index (χ0n) is 28.7. The third-order valence-electron chi connectivity index (χ3n) is 15.9. The normalized spacial score (nSPS) is 46.9. The molecule has 6 aliphatic carbocycles. The van der Waals surface area contributed by atoms with Crippen LogP contribution in [0, 0.1) is 56.7 Å². The molecule has 0 bridgehead atoms. The van der Waals surface area contributed by atoms with Crippen LogP contribution >= 0.6 is 0 Å². The lowest BCUT2D eigenvalue weighted by atomic mass is 9.33. The molecule has 3 N–H and O–H groups in total. The quantitative estimate of drug-likeness (QED) is 0.247. The lowest BCUT2D eigenvalue weighted by Crippen LogP contribution is -2.68. The van der Waals surface area contributed by atoms with Gasteiger partial charge in [-0.1, -0.05) is 58.9 Å². The third-order valence-corrected chi connectivity index (χ3v) is 15.9. The molecule has 0 radical (unpaired) electrons. The highest BCUT2D eigenvalue weighted by molar-refractivity contribution is 5.75. The minimum Gasteiger partial charge on any atom is -0.481 e.